The molecule has 0 saturated heterocycles. The van der Waals surface area contributed by atoms with Gasteiger partial charge in [-0.1, -0.05) is 11.1 Å². The fraction of sp³-hybridized carbons (Fsp3) is 0.667. The van der Waals surface area contributed by atoms with E-state index in [1.165, 1.54) is 24.0 Å². The molecule has 1 rings (SSSR count). The number of hydrogen-bond donors (Lipinski definition) is 1. The molecule has 0 aromatic rings. The van der Waals surface area contributed by atoms with Gasteiger partial charge >= 0.3 is 0 Å². The zero-order valence-corrected chi connectivity index (χ0v) is 10.0. The summed E-state index contributed by atoms with van der Waals surface area (Å²) < 4.78 is 0. The van der Waals surface area contributed by atoms with E-state index < -0.39 is 0 Å². The monoisotopic (exact) mass is 196 g/mol. The highest BCUT2D eigenvalue weighted by molar-refractivity contribution is 7.80. The normalized spacial score (nSPS) is 19.2. The van der Waals surface area contributed by atoms with E-state index in [2.05, 4.69) is 40.3 Å². The molecule has 0 spiro atoms. The Hall–Kier alpha value is -0.170. The highest BCUT2D eigenvalue weighted by Crippen LogP contribution is 2.38. The lowest BCUT2D eigenvalue weighted by molar-refractivity contribution is 0.637. The van der Waals surface area contributed by atoms with Crippen molar-refractivity contribution < 1.29 is 0 Å². The molecule has 0 atom stereocenters. The quantitative estimate of drug-likeness (QED) is 0.648. The summed E-state index contributed by atoms with van der Waals surface area (Å²) >= 11 is 4.27. The van der Waals surface area contributed by atoms with Gasteiger partial charge < -0.3 is 0 Å². The molecule has 0 heterocycles. The Kier molecular flexibility index (Phi) is 3.66. The van der Waals surface area contributed by atoms with Gasteiger partial charge in [0.15, 0.2) is 0 Å². The van der Waals surface area contributed by atoms with Crippen LogP contribution in [0.15, 0.2) is 22.3 Å². The molecule has 0 N–H and O–H groups in total. The van der Waals surface area contributed by atoms with Crippen molar-refractivity contribution >= 4 is 12.6 Å². The predicted octanol–water partition coefficient (Wildman–Crippen LogP) is 4.00. The number of hydrogen-bond acceptors (Lipinski definition) is 1. The first-order valence-corrected chi connectivity index (χ1v) is 5.68. The summed E-state index contributed by atoms with van der Waals surface area (Å²) in [6.45, 7) is 9.04. The summed E-state index contributed by atoms with van der Waals surface area (Å²) in [6.07, 6.45) is 2.50. The van der Waals surface area contributed by atoms with Crippen molar-refractivity contribution in [3.05, 3.63) is 22.3 Å². The predicted molar refractivity (Wildman–Crippen MR) is 63.3 cm³/mol. The highest BCUT2D eigenvalue weighted by atomic mass is 32.1. The number of allylic oxidation sites excluding steroid dienone is 4. The molecule has 1 aliphatic carbocycles. The van der Waals surface area contributed by atoms with Gasteiger partial charge in [0.25, 0.3) is 0 Å². The maximum absolute atomic E-state index is 4.27. The van der Waals surface area contributed by atoms with E-state index in [9.17, 15) is 0 Å². The largest absolute Gasteiger partial charge is 0.179 e. The van der Waals surface area contributed by atoms with Gasteiger partial charge in [0.1, 0.15) is 0 Å². The molecule has 0 aromatic heterocycles. The van der Waals surface area contributed by atoms with Gasteiger partial charge in [0, 0.05) is 5.92 Å². The van der Waals surface area contributed by atoms with E-state index in [1.807, 2.05) is 0 Å². The van der Waals surface area contributed by atoms with Crippen molar-refractivity contribution in [2.24, 2.45) is 5.92 Å². The average Bonchev–Trinajstić information content (AvgIpc) is 2.30. The molecular formula is C12H20S. The molecule has 0 saturated carbocycles. The van der Waals surface area contributed by atoms with E-state index in [0.717, 1.165) is 5.75 Å². The zero-order valence-electron chi connectivity index (χ0n) is 9.15. The minimum atomic E-state index is 0.715. The molecule has 1 heteroatoms. The van der Waals surface area contributed by atoms with Crippen LogP contribution in [-0.4, -0.2) is 5.75 Å². The number of rotatable bonds is 3. The molecule has 0 fully saturated rings. The Morgan fingerprint density at radius 3 is 1.85 bits per heavy atom. The second kappa shape index (κ2) is 4.36. The second-order valence-corrected chi connectivity index (χ2v) is 4.48. The fourth-order valence-electron chi connectivity index (χ4n) is 2.17. The lowest BCUT2D eigenvalue weighted by Gasteiger charge is -2.13. The molecule has 0 unspecified atom stereocenters. The van der Waals surface area contributed by atoms with Gasteiger partial charge in [-0.25, -0.2) is 0 Å². The van der Waals surface area contributed by atoms with Gasteiger partial charge in [-0.2, -0.15) is 12.6 Å². The summed E-state index contributed by atoms with van der Waals surface area (Å²) in [5.41, 5.74) is 6.19. The zero-order chi connectivity index (χ0) is 10.0. The lowest BCUT2D eigenvalue weighted by Crippen LogP contribution is -2.01. The first-order chi connectivity index (χ1) is 6.09. The van der Waals surface area contributed by atoms with Crippen LogP contribution in [0.1, 0.15) is 40.5 Å². The number of thiol groups is 1. The summed E-state index contributed by atoms with van der Waals surface area (Å²) in [4.78, 5) is 0. The Labute approximate surface area is 87.5 Å². The van der Waals surface area contributed by atoms with Crippen molar-refractivity contribution in [3.63, 3.8) is 0 Å². The Bertz CT molecular complexity index is 234. The van der Waals surface area contributed by atoms with E-state index in [1.54, 1.807) is 11.1 Å². The fourth-order valence-corrected chi connectivity index (χ4v) is 2.35. The molecule has 74 valence electrons. The molecule has 0 aliphatic heterocycles. The van der Waals surface area contributed by atoms with Gasteiger partial charge in [-0.15, -0.1) is 0 Å². The third kappa shape index (κ3) is 2.01. The Balaban J connectivity index is 2.77. The molecule has 0 bridgehead atoms. The van der Waals surface area contributed by atoms with Crippen LogP contribution >= 0.6 is 12.6 Å². The Morgan fingerprint density at radius 2 is 1.46 bits per heavy atom. The van der Waals surface area contributed by atoms with E-state index >= 15 is 0 Å². The van der Waals surface area contributed by atoms with Crippen LogP contribution in [-0.2, 0) is 0 Å². The maximum atomic E-state index is 4.27. The van der Waals surface area contributed by atoms with Crippen molar-refractivity contribution in [2.75, 3.05) is 5.75 Å². The minimum absolute atomic E-state index is 0.715. The molecule has 1 aliphatic rings. The van der Waals surface area contributed by atoms with Crippen LogP contribution in [0.4, 0.5) is 0 Å². The summed E-state index contributed by atoms with van der Waals surface area (Å²) in [5.74, 6) is 1.72. The van der Waals surface area contributed by atoms with Crippen LogP contribution in [0.3, 0.4) is 0 Å². The van der Waals surface area contributed by atoms with Crippen molar-refractivity contribution in [1.82, 2.24) is 0 Å². The molecule has 0 radical (unpaired) electrons. The topological polar surface area (TPSA) is 0 Å². The van der Waals surface area contributed by atoms with Gasteiger partial charge in [-0.3, -0.25) is 0 Å². The first-order valence-electron chi connectivity index (χ1n) is 5.05. The second-order valence-electron chi connectivity index (χ2n) is 4.03. The first kappa shape index (κ1) is 10.9. The van der Waals surface area contributed by atoms with E-state index in [4.69, 9.17) is 0 Å². The minimum Gasteiger partial charge on any atom is -0.179 e. The average molecular weight is 196 g/mol. The summed E-state index contributed by atoms with van der Waals surface area (Å²) in [5, 5.41) is 0. The van der Waals surface area contributed by atoms with E-state index in [0.29, 0.717) is 5.92 Å². The van der Waals surface area contributed by atoms with E-state index in [-0.39, 0.29) is 0 Å². The molecule has 0 amide bonds. The molecule has 0 aromatic carbocycles. The van der Waals surface area contributed by atoms with Gasteiger partial charge in [0.05, 0.1) is 0 Å². The molecule has 0 nitrogen and oxygen atoms in total. The summed E-state index contributed by atoms with van der Waals surface area (Å²) in [6, 6.07) is 0. The van der Waals surface area contributed by atoms with Crippen LogP contribution in [0, 0.1) is 5.92 Å². The van der Waals surface area contributed by atoms with Crippen LogP contribution in [0.2, 0.25) is 0 Å². The maximum Gasteiger partial charge on any atom is 0.00133 e. The van der Waals surface area contributed by atoms with Crippen LogP contribution < -0.4 is 0 Å². The van der Waals surface area contributed by atoms with Crippen LogP contribution in [0.5, 0.6) is 0 Å². The molecule has 13 heavy (non-hydrogen) atoms. The lowest BCUT2D eigenvalue weighted by atomic mass is 9.92. The highest BCUT2D eigenvalue weighted by Gasteiger charge is 2.23. The van der Waals surface area contributed by atoms with Crippen LogP contribution in [0.25, 0.3) is 0 Å². The molecular weight excluding hydrogens is 176 g/mol. The smallest absolute Gasteiger partial charge is 0.00133 e. The summed E-state index contributed by atoms with van der Waals surface area (Å²) in [7, 11) is 0. The SMILES string of the molecule is CC1=C(C)C(CCCS)C(C)=C1C. The van der Waals surface area contributed by atoms with Crippen molar-refractivity contribution in [1.29, 1.82) is 0 Å². The van der Waals surface area contributed by atoms with Crippen molar-refractivity contribution in [3.8, 4) is 0 Å². The van der Waals surface area contributed by atoms with Crippen molar-refractivity contribution in [2.45, 2.75) is 40.5 Å². The van der Waals surface area contributed by atoms with Gasteiger partial charge in [-0.05, 0) is 57.4 Å². The third-order valence-corrected chi connectivity index (χ3v) is 3.76. The standard InChI is InChI=1S/C12H20S/c1-8-9(2)11(4)12(10(8)3)6-5-7-13/h12-13H,5-7H2,1-4H3. The third-order valence-electron chi connectivity index (χ3n) is 3.44. The van der Waals surface area contributed by atoms with Gasteiger partial charge in [0.2, 0.25) is 0 Å². The Morgan fingerprint density at radius 1 is 1.00 bits per heavy atom.